The van der Waals surface area contributed by atoms with Crippen molar-refractivity contribution in [1.29, 1.82) is 0 Å². The second kappa shape index (κ2) is 7.44. The fourth-order valence-electron chi connectivity index (χ4n) is 3.33. The van der Waals surface area contributed by atoms with Crippen LogP contribution < -0.4 is 16.4 Å². The molecule has 1 atom stereocenters. The molecular formula is C18H28FN3O5. The summed E-state index contributed by atoms with van der Waals surface area (Å²) in [6, 6.07) is -1.22. The van der Waals surface area contributed by atoms with Crippen molar-refractivity contribution < 1.29 is 28.3 Å². The molecule has 0 aromatic heterocycles. The molecule has 0 heterocycles. The van der Waals surface area contributed by atoms with Gasteiger partial charge in [0.15, 0.2) is 0 Å². The Morgan fingerprint density at radius 1 is 1.11 bits per heavy atom. The van der Waals surface area contributed by atoms with Crippen LogP contribution in [0.15, 0.2) is 0 Å². The predicted octanol–water partition coefficient (Wildman–Crippen LogP) is 1.26. The van der Waals surface area contributed by atoms with Gasteiger partial charge in [-0.2, -0.15) is 0 Å². The van der Waals surface area contributed by atoms with Crippen LogP contribution in [0.3, 0.4) is 0 Å². The molecule has 152 valence electrons. The number of hydrogen-bond donors (Lipinski definition) is 3. The monoisotopic (exact) mass is 385 g/mol. The van der Waals surface area contributed by atoms with Crippen LogP contribution in [0.1, 0.15) is 65.7 Å². The molecule has 0 aliphatic heterocycles. The van der Waals surface area contributed by atoms with Crippen molar-refractivity contribution in [3.8, 4) is 0 Å². The van der Waals surface area contributed by atoms with Crippen LogP contribution in [0.4, 0.5) is 9.18 Å². The Morgan fingerprint density at radius 3 is 2.11 bits per heavy atom. The zero-order valence-corrected chi connectivity index (χ0v) is 16.0. The molecule has 4 N–H and O–H groups in total. The number of primary amides is 1. The molecule has 3 amide bonds. The number of ether oxygens (including phenoxy) is 1. The molecular weight excluding hydrogens is 357 g/mol. The Hall–Kier alpha value is -2.19. The number of carbonyl (C=O) groups excluding carboxylic acids is 4. The van der Waals surface area contributed by atoms with Crippen LogP contribution in [0.25, 0.3) is 0 Å². The minimum absolute atomic E-state index is 0.223. The maximum atomic E-state index is 14.9. The highest BCUT2D eigenvalue weighted by atomic mass is 19.1. The molecule has 2 saturated carbocycles. The van der Waals surface area contributed by atoms with Crippen LogP contribution in [0, 0.1) is 0 Å². The van der Waals surface area contributed by atoms with Gasteiger partial charge in [0.2, 0.25) is 11.7 Å². The molecule has 0 unspecified atom stereocenters. The van der Waals surface area contributed by atoms with E-state index in [0.29, 0.717) is 25.7 Å². The lowest BCUT2D eigenvalue weighted by Crippen LogP contribution is -2.56. The summed E-state index contributed by atoms with van der Waals surface area (Å²) in [6.07, 6.45) is 1.51. The second-order valence-electron chi connectivity index (χ2n) is 8.53. The molecule has 0 aromatic rings. The number of hydrogen-bond acceptors (Lipinski definition) is 5. The largest absolute Gasteiger partial charge is 0.444 e. The van der Waals surface area contributed by atoms with Crippen LogP contribution >= 0.6 is 0 Å². The zero-order valence-electron chi connectivity index (χ0n) is 16.0. The molecule has 0 bridgehead atoms. The summed E-state index contributed by atoms with van der Waals surface area (Å²) in [5.74, 6) is -2.75. The highest BCUT2D eigenvalue weighted by molar-refractivity contribution is 6.40. The fourth-order valence-corrected chi connectivity index (χ4v) is 3.33. The van der Waals surface area contributed by atoms with Gasteiger partial charge in [0.25, 0.3) is 5.91 Å². The number of alkyl carbamates (subject to hydrolysis) is 1. The van der Waals surface area contributed by atoms with E-state index in [-0.39, 0.29) is 19.3 Å². The molecule has 0 spiro atoms. The smallest absolute Gasteiger partial charge is 0.408 e. The van der Waals surface area contributed by atoms with Crippen LogP contribution in [0.2, 0.25) is 0 Å². The van der Waals surface area contributed by atoms with Crippen molar-refractivity contribution in [3.63, 3.8) is 0 Å². The number of nitrogens with one attached hydrogen (secondary N) is 2. The first kappa shape index (κ1) is 21.1. The number of ketones is 1. The maximum absolute atomic E-state index is 14.9. The molecule has 27 heavy (non-hydrogen) atoms. The van der Waals surface area contributed by atoms with E-state index in [2.05, 4.69) is 10.6 Å². The van der Waals surface area contributed by atoms with E-state index < -0.39 is 46.5 Å². The zero-order chi connectivity index (χ0) is 20.5. The molecule has 0 radical (unpaired) electrons. The Balaban J connectivity index is 2.10. The van der Waals surface area contributed by atoms with E-state index >= 15 is 0 Å². The quantitative estimate of drug-likeness (QED) is 0.569. The Labute approximate surface area is 157 Å². The minimum atomic E-state index is -1.57. The number of alkyl halides is 1. The summed E-state index contributed by atoms with van der Waals surface area (Å²) in [4.78, 5) is 47.9. The van der Waals surface area contributed by atoms with Gasteiger partial charge in [0.1, 0.15) is 22.9 Å². The Morgan fingerprint density at radius 2 is 1.67 bits per heavy atom. The lowest BCUT2D eigenvalue weighted by molar-refractivity contribution is -0.139. The fraction of sp³-hybridized carbons (Fsp3) is 0.778. The van der Waals surface area contributed by atoms with Crippen molar-refractivity contribution in [2.24, 2.45) is 5.73 Å². The summed E-state index contributed by atoms with van der Waals surface area (Å²) in [7, 11) is 0. The van der Waals surface area contributed by atoms with Crippen molar-refractivity contribution in [2.45, 2.75) is 88.6 Å². The third-order valence-electron chi connectivity index (χ3n) is 4.85. The van der Waals surface area contributed by atoms with Gasteiger partial charge in [0, 0.05) is 6.42 Å². The first-order chi connectivity index (χ1) is 12.4. The second-order valence-corrected chi connectivity index (χ2v) is 8.53. The summed E-state index contributed by atoms with van der Waals surface area (Å²) in [5, 5.41) is 4.88. The molecule has 9 heteroatoms. The number of amides is 3. The highest BCUT2D eigenvalue weighted by Crippen LogP contribution is 2.39. The van der Waals surface area contributed by atoms with Gasteiger partial charge >= 0.3 is 6.09 Å². The molecule has 8 nitrogen and oxygen atoms in total. The third kappa shape index (κ3) is 5.64. The van der Waals surface area contributed by atoms with Gasteiger partial charge in [-0.25, -0.2) is 9.18 Å². The standard InChI is InChI=1S/C18H28FN3O5/c1-16(2,3)27-15(26)21-11(10-17(19)6-4-5-7-17)14(25)22-18(8-9-18)12(23)13(20)24/h11H,4-10H2,1-3H3,(H2,20,24)(H,21,26)(H,22,25)/t11-/m0/s1. The number of rotatable bonds is 7. The van der Waals surface area contributed by atoms with Crippen molar-refractivity contribution in [3.05, 3.63) is 0 Å². The predicted molar refractivity (Wildman–Crippen MR) is 94.4 cm³/mol. The Bertz CT molecular complexity index is 633. The minimum Gasteiger partial charge on any atom is -0.444 e. The molecule has 0 saturated heterocycles. The van der Waals surface area contributed by atoms with Gasteiger partial charge in [-0.05, 0) is 46.5 Å². The van der Waals surface area contributed by atoms with E-state index in [1.807, 2.05) is 0 Å². The third-order valence-corrected chi connectivity index (χ3v) is 4.85. The summed E-state index contributed by atoms with van der Waals surface area (Å²) < 4.78 is 20.1. The topological polar surface area (TPSA) is 128 Å². The van der Waals surface area contributed by atoms with E-state index in [1.54, 1.807) is 20.8 Å². The van der Waals surface area contributed by atoms with Gasteiger partial charge in [-0.3, -0.25) is 14.4 Å². The van der Waals surface area contributed by atoms with Crippen LogP contribution in [-0.4, -0.2) is 46.5 Å². The van der Waals surface area contributed by atoms with Gasteiger partial charge in [-0.1, -0.05) is 12.8 Å². The molecule has 2 aliphatic carbocycles. The first-order valence-electron chi connectivity index (χ1n) is 9.21. The van der Waals surface area contributed by atoms with Crippen LogP contribution in [0.5, 0.6) is 0 Å². The van der Waals surface area contributed by atoms with Crippen molar-refractivity contribution in [2.75, 3.05) is 0 Å². The molecule has 0 aromatic carbocycles. The molecule has 2 aliphatic rings. The maximum Gasteiger partial charge on any atom is 0.408 e. The molecule has 2 rings (SSSR count). The summed E-state index contributed by atoms with van der Waals surface area (Å²) in [5.41, 5.74) is 1.34. The lowest BCUT2D eigenvalue weighted by atomic mass is 9.94. The van der Waals surface area contributed by atoms with Crippen molar-refractivity contribution in [1.82, 2.24) is 10.6 Å². The average Bonchev–Trinajstić information content (AvgIpc) is 3.17. The van der Waals surface area contributed by atoms with Crippen molar-refractivity contribution >= 4 is 23.7 Å². The van der Waals surface area contributed by atoms with E-state index in [4.69, 9.17) is 10.5 Å². The highest BCUT2D eigenvalue weighted by Gasteiger charge is 2.54. The number of nitrogens with two attached hydrogens (primary N) is 1. The Kier molecular flexibility index (Phi) is 5.82. The van der Waals surface area contributed by atoms with E-state index in [0.717, 1.165) is 0 Å². The summed E-state index contributed by atoms with van der Waals surface area (Å²) >= 11 is 0. The number of carbonyl (C=O) groups is 4. The summed E-state index contributed by atoms with van der Waals surface area (Å²) in [6.45, 7) is 5.00. The van der Waals surface area contributed by atoms with Gasteiger partial charge in [-0.15, -0.1) is 0 Å². The SMILES string of the molecule is CC(C)(C)OC(=O)N[C@@H](CC1(F)CCCC1)C(=O)NC1(C(=O)C(N)=O)CC1. The van der Waals surface area contributed by atoms with E-state index in [1.165, 1.54) is 0 Å². The van der Waals surface area contributed by atoms with Crippen LogP contribution in [-0.2, 0) is 19.1 Å². The number of halogens is 1. The molecule has 2 fully saturated rings. The average molecular weight is 385 g/mol. The first-order valence-corrected chi connectivity index (χ1v) is 9.21. The number of Topliss-reactive ketones (excluding diaryl/α,β-unsaturated/α-hetero) is 1. The van der Waals surface area contributed by atoms with Gasteiger partial charge in [0.05, 0.1) is 0 Å². The van der Waals surface area contributed by atoms with Gasteiger partial charge < -0.3 is 21.1 Å². The van der Waals surface area contributed by atoms with E-state index in [9.17, 15) is 23.6 Å². The lowest BCUT2D eigenvalue weighted by Gasteiger charge is -2.28. The normalized spacial score (nSPS) is 21.0.